The molecule has 1 saturated carbocycles. The number of hydrogen-bond acceptors (Lipinski definition) is 2. The van der Waals surface area contributed by atoms with Crippen LogP contribution in [0.5, 0.6) is 5.75 Å². The maximum Gasteiger partial charge on any atom is 0.141 e. The highest BCUT2D eigenvalue weighted by Gasteiger charge is 2.13. The minimum Gasteiger partial charge on any atom is -0.495 e. The predicted molar refractivity (Wildman–Crippen MR) is 72.8 cm³/mol. The first-order valence-electron chi connectivity index (χ1n) is 6.71. The van der Waals surface area contributed by atoms with Crippen LogP contribution in [0.3, 0.4) is 0 Å². The largest absolute Gasteiger partial charge is 0.495 e. The number of benzene rings is 1. The Labute approximate surface area is 104 Å². The van der Waals surface area contributed by atoms with E-state index in [9.17, 15) is 0 Å². The van der Waals surface area contributed by atoms with Gasteiger partial charge in [-0.15, -0.1) is 0 Å². The van der Waals surface area contributed by atoms with E-state index in [4.69, 9.17) is 4.74 Å². The topological polar surface area (TPSA) is 21.3 Å². The van der Waals surface area contributed by atoms with Crippen molar-refractivity contribution in [2.75, 3.05) is 12.4 Å². The fourth-order valence-corrected chi connectivity index (χ4v) is 2.58. The zero-order chi connectivity index (χ0) is 12.1. The standard InChI is InChI=1S/C15H23NO/c1-12-9-10-15(17-2)14(11-12)16-13-7-5-3-4-6-8-13/h9-11,13,16H,3-8H2,1-2H3. The monoisotopic (exact) mass is 233 g/mol. The smallest absolute Gasteiger partial charge is 0.141 e. The van der Waals surface area contributed by atoms with Crippen molar-refractivity contribution in [1.29, 1.82) is 0 Å². The third kappa shape index (κ3) is 3.39. The molecule has 0 unspecified atom stereocenters. The Kier molecular flexibility index (Phi) is 4.29. The molecule has 2 nitrogen and oxygen atoms in total. The molecule has 0 heterocycles. The van der Waals surface area contributed by atoms with Gasteiger partial charge in [0.05, 0.1) is 12.8 Å². The SMILES string of the molecule is COc1ccc(C)cc1NC1CCCCCC1. The van der Waals surface area contributed by atoms with Gasteiger partial charge in [0.25, 0.3) is 0 Å². The van der Waals surface area contributed by atoms with E-state index in [1.54, 1.807) is 7.11 Å². The molecule has 0 aliphatic heterocycles. The van der Waals surface area contributed by atoms with Crippen molar-refractivity contribution in [3.63, 3.8) is 0 Å². The molecular formula is C15H23NO. The third-order valence-electron chi connectivity index (χ3n) is 3.57. The van der Waals surface area contributed by atoms with Crippen molar-refractivity contribution in [2.45, 2.75) is 51.5 Å². The lowest BCUT2D eigenvalue weighted by Gasteiger charge is -2.20. The molecule has 0 spiro atoms. The van der Waals surface area contributed by atoms with E-state index in [1.807, 2.05) is 6.07 Å². The summed E-state index contributed by atoms with van der Waals surface area (Å²) in [6.07, 6.45) is 8.07. The second-order valence-electron chi connectivity index (χ2n) is 5.04. The lowest BCUT2D eigenvalue weighted by atomic mass is 10.1. The molecule has 1 aliphatic carbocycles. The molecule has 1 aromatic rings. The highest BCUT2D eigenvalue weighted by Crippen LogP contribution is 2.28. The second-order valence-corrected chi connectivity index (χ2v) is 5.04. The summed E-state index contributed by atoms with van der Waals surface area (Å²) in [4.78, 5) is 0. The van der Waals surface area contributed by atoms with Crippen molar-refractivity contribution in [1.82, 2.24) is 0 Å². The van der Waals surface area contributed by atoms with Gasteiger partial charge in [-0.3, -0.25) is 0 Å². The first kappa shape index (κ1) is 12.3. The van der Waals surface area contributed by atoms with Crippen LogP contribution in [0.25, 0.3) is 0 Å². The van der Waals surface area contributed by atoms with E-state index in [0.29, 0.717) is 6.04 Å². The Morgan fingerprint density at radius 3 is 2.47 bits per heavy atom. The van der Waals surface area contributed by atoms with Gasteiger partial charge < -0.3 is 10.1 Å². The van der Waals surface area contributed by atoms with Crippen LogP contribution in [0, 0.1) is 6.92 Å². The van der Waals surface area contributed by atoms with E-state index in [0.717, 1.165) is 11.4 Å². The molecule has 1 aliphatic rings. The Balaban J connectivity index is 2.07. The van der Waals surface area contributed by atoms with Gasteiger partial charge in [0.1, 0.15) is 5.75 Å². The number of hydrogen-bond donors (Lipinski definition) is 1. The number of nitrogens with one attached hydrogen (secondary N) is 1. The van der Waals surface area contributed by atoms with Crippen molar-refractivity contribution in [3.05, 3.63) is 23.8 Å². The lowest BCUT2D eigenvalue weighted by molar-refractivity contribution is 0.415. The fourth-order valence-electron chi connectivity index (χ4n) is 2.58. The number of ether oxygens (including phenoxy) is 1. The van der Waals surface area contributed by atoms with Gasteiger partial charge in [0.15, 0.2) is 0 Å². The van der Waals surface area contributed by atoms with Gasteiger partial charge >= 0.3 is 0 Å². The van der Waals surface area contributed by atoms with Crippen LogP contribution in [-0.4, -0.2) is 13.2 Å². The van der Waals surface area contributed by atoms with Crippen LogP contribution in [0.4, 0.5) is 5.69 Å². The van der Waals surface area contributed by atoms with Crippen molar-refractivity contribution < 1.29 is 4.74 Å². The maximum atomic E-state index is 5.41. The highest BCUT2D eigenvalue weighted by molar-refractivity contribution is 5.58. The molecule has 0 radical (unpaired) electrons. The molecule has 0 atom stereocenters. The van der Waals surface area contributed by atoms with Gasteiger partial charge in [0.2, 0.25) is 0 Å². The number of anilines is 1. The minimum atomic E-state index is 0.619. The van der Waals surface area contributed by atoms with Crippen LogP contribution in [0.15, 0.2) is 18.2 Å². The van der Waals surface area contributed by atoms with Crippen molar-refractivity contribution in [2.24, 2.45) is 0 Å². The molecule has 17 heavy (non-hydrogen) atoms. The van der Waals surface area contributed by atoms with Crippen LogP contribution in [0.1, 0.15) is 44.1 Å². The zero-order valence-corrected chi connectivity index (χ0v) is 11.0. The molecular weight excluding hydrogens is 210 g/mol. The minimum absolute atomic E-state index is 0.619. The van der Waals surface area contributed by atoms with Gasteiger partial charge in [0, 0.05) is 6.04 Å². The highest BCUT2D eigenvalue weighted by atomic mass is 16.5. The molecule has 1 aromatic carbocycles. The third-order valence-corrected chi connectivity index (χ3v) is 3.57. The molecule has 0 saturated heterocycles. The van der Waals surface area contributed by atoms with Crippen molar-refractivity contribution in [3.8, 4) is 5.75 Å². The zero-order valence-electron chi connectivity index (χ0n) is 11.0. The van der Waals surface area contributed by atoms with E-state index >= 15 is 0 Å². The van der Waals surface area contributed by atoms with Gasteiger partial charge in [-0.05, 0) is 37.5 Å². The molecule has 0 aromatic heterocycles. The summed E-state index contributed by atoms with van der Waals surface area (Å²) in [5.41, 5.74) is 2.43. The maximum absolute atomic E-state index is 5.41. The number of methoxy groups -OCH3 is 1. The molecule has 94 valence electrons. The van der Waals surface area contributed by atoms with Crippen LogP contribution < -0.4 is 10.1 Å². The van der Waals surface area contributed by atoms with Crippen molar-refractivity contribution >= 4 is 5.69 Å². The second kappa shape index (κ2) is 5.95. The molecule has 2 rings (SSSR count). The van der Waals surface area contributed by atoms with Gasteiger partial charge in [-0.25, -0.2) is 0 Å². The van der Waals surface area contributed by atoms with Gasteiger partial charge in [-0.1, -0.05) is 31.7 Å². The Morgan fingerprint density at radius 2 is 1.82 bits per heavy atom. The van der Waals surface area contributed by atoms with Crippen LogP contribution in [-0.2, 0) is 0 Å². The van der Waals surface area contributed by atoms with Crippen LogP contribution >= 0.6 is 0 Å². The number of rotatable bonds is 3. The lowest BCUT2D eigenvalue weighted by Crippen LogP contribution is -2.18. The normalized spacial score (nSPS) is 17.5. The summed E-state index contributed by atoms with van der Waals surface area (Å²) in [5, 5.41) is 3.66. The fraction of sp³-hybridized carbons (Fsp3) is 0.600. The molecule has 2 heteroatoms. The van der Waals surface area contributed by atoms with Crippen LogP contribution in [0.2, 0.25) is 0 Å². The summed E-state index contributed by atoms with van der Waals surface area (Å²) in [6.45, 7) is 2.12. The summed E-state index contributed by atoms with van der Waals surface area (Å²) in [6, 6.07) is 6.95. The Morgan fingerprint density at radius 1 is 1.12 bits per heavy atom. The Bertz CT molecular complexity index is 354. The molecule has 1 N–H and O–H groups in total. The first-order valence-corrected chi connectivity index (χ1v) is 6.71. The number of aryl methyl sites for hydroxylation is 1. The summed E-state index contributed by atoms with van der Waals surface area (Å²) in [7, 11) is 1.74. The van der Waals surface area contributed by atoms with E-state index < -0.39 is 0 Å². The van der Waals surface area contributed by atoms with E-state index in [-0.39, 0.29) is 0 Å². The summed E-state index contributed by atoms with van der Waals surface area (Å²) >= 11 is 0. The summed E-state index contributed by atoms with van der Waals surface area (Å²) < 4.78 is 5.41. The van der Waals surface area contributed by atoms with Gasteiger partial charge in [-0.2, -0.15) is 0 Å². The quantitative estimate of drug-likeness (QED) is 0.792. The summed E-state index contributed by atoms with van der Waals surface area (Å²) in [5.74, 6) is 0.958. The molecule has 1 fully saturated rings. The average Bonchev–Trinajstić information content (AvgIpc) is 2.58. The predicted octanol–water partition coefficient (Wildman–Crippen LogP) is 4.14. The van der Waals surface area contributed by atoms with E-state index in [2.05, 4.69) is 24.4 Å². The van der Waals surface area contributed by atoms with E-state index in [1.165, 1.54) is 44.1 Å². The molecule has 0 bridgehead atoms. The first-order chi connectivity index (χ1) is 8.29. The average molecular weight is 233 g/mol. The Hall–Kier alpha value is -1.18. The molecule has 0 amide bonds.